The van der Waals surface area contributed by atoms with Gasteiger partial charge in [-0.25, -0.2) is 0 Å². The van der Waals surface area contributed by atoms with Gasteiger partial charge in [0.2, 0.25) is 5.91 Å². The zero-order valence-electron chi connectivity index (χ0n) is 11.7. The number of benzene rings is 1. The van der Waals surface area contributed by atoms with Crippen molar-refractivity contribution < 1.29 is 4.79 Å². The summed E-state index contributed by atoms with van der Waals surface area (Å²) in [6, 6.07) is 4.18. The van der Waals surface area contributed by atoms with Crippen LogP contribution in [-0.4, -0.2) is 13.0 Å². The van der Waals surface area contributed by atoms with E-state index in [0.717, 1.165) is 34.7 Å². The van der Waals surface area contributed by atoms with Crippen LogP contribution in [0.1, 0.15) is 43.9 Å². The van der Waals surface area contributed by atoms with Gasteiger partial charge in [-0.2, -0.15) is 0 Å². The molecule has 1 heterocycles. The van der Waals surface area contributed by atoms with Gasteiger partial charge in [-0.1, -0.05) is 37.9 Å². The van der Waals surface area contributed by atoms with E-state index in [1.54, 1.807) is 0 Å². The number of anilines is 1. The molecule has 2 N–H and O–H groups in total. The van der Waals surface area contributed by atoms with Gasteiger partial charge in [0.1, 0.15) is 0 Å². The first-order valence-electron chi connectivity index (χ1n) is 6.86. The molecule has 0 aromatic heterocycles. The van der Waals surface area contributed by atoms with Gasteiger partial charge in [-0.15, -0.1) is 0 Å². The Morgan fingerprint density at radius 3 is 2.84 bits per heavy atom. The minimum Gasteiger partial charge on any atom is -0.325 e. The van der Waals surface area contributed by atoms with Crippen LogP contribution in [0.5, 0.6) is 0 Å². The van der Waals surface area contributed by atoms with Crippen LogP contribution in [0.25, 0.3) is 0 Å². The summed E-state index contributed by atoms with van der Waals surface area (Å²) in [5.41, 5.74) is 3.01. The molecule has 1 aromatic carbocycles. The van der Waals surface area contributed by atoms with Crippen LogP contribution < -0.4 is 10.6 Å². The van der Waals surface area contributed by atoms with Gasteiger partial charge in [0.25, 0.3) is 0 Å². The van der Waals surface area contributed by atoms with Crippen LogP contribution in [-0.2, 0) is 11.2 Å². The summed E-state index contributed by atoms with van der Waals surface area (Å²) in [4.78, 5) is 11.4. The number of rotatable bonds is 5. The first kappa shape index (κ1) is 14.4. The monoisotopic (exact) mass is 280 g/mol. The van der Waals surface area contributed by atoms with Gasteiger partial charge in [-0.05, 0) is 36.6 Å². The lowest BCUT2D eigenvalue weighted by Crippen LogP contribution is -2.24. The van der Waals surface area contributed by atoms with Gasteiger partial charge in [0, 0.05) is 16.8 Å². The number of halogens is 1. The molecule has 4 heteroatoms. The maximum atomic E-state index is 11.4. The summed E-state index contributed by atoms with van der Waals surface area (Å²) >= 11 is 6.38. The van der Waals surface area contributed by atoms with Crippen molar-refractivity contribution in [3.05, 3.63) is 28.3 Å². The Bertz CT molecular complexity index is 487. The largest absolute Gasteiger partial charge is 0.325 e. The highest BCUT2D eigenvalue weighted by molar-refractivity contribution is 6.32. The fourth-order valence-electron chi connectivity index (χ4n) is 2.87. The van der Waals surface area contributed by atoms with Crippen LogP contribution in [0.2, 0.25) is 5.02 Å². The summed E-state index contributed by atoms with van der Waals surface area (Å²) in [5.74, 6) is 0.557. The van der Waals surface area contributed by atoms with Gasteiger partial charge < -0.3 is 10.6 Å². The Balaban J connectivity index is 2.33. The predicted molar refractivity (Wildman–Crippen MR) is 79.7 cm³/mol. The highest BCUT2D eigenvalue weighted by Gasteiger charge is 2.24. The Morgan fingerprint density at radius 2 is 2.21 bits per heavy atom. The quantitative estimate of drug-likeness (QED) is 0.866. The maximum absolute atomic E-state index is 11.4. The fraction of sp³-hybridized carbons (Fsp3) is 0.533. The average molecular weight is 281 g/mol. The third kappa shape index (κ3) is 2.93. The Morgan fingerprint density at radius 1 is 1.47 bits per heavy atom. The number of carbonyl (C=O) groups excluding carboxylic acids is 1. The molecule has 1 amide bonds. The van der Waals surface area contributed by atoms with Gasteiger partial charge >= 0.3 is 0 Å². The molecule has 19 heavy (non-hydrogen) atoms. The lowest BCUT2D eigenvalue weighted by molar-refractivity contribution is -0.115. The Labute approximate surface area is 119 Å². The first-order chi connectivity index (χ1) is 9.06. The Hall–Kier alpha value is -1.06. The molecule has 0 radical (unpaired) electrons. The summed E-state index contributed by atoms with van der Waals surface area (Å²) in [7, 11) is 1.96. The van der Waals surface area contributed by atoms with Crippen molar-refractivity contribution in [2.24, 2.45) is 5.92 Å². The molecular formula is C15H21ClN2O. The molecule has 0 bridgehead atoms. The number of nitrogens with one attached hydrogen (secondary N) is 2. The van der Waals surface area contributed by atoms with Gasteiger partial charge in [-0.3, -0.25) is 4.79 Å². The van der Waals surface area contributed by atoms with Crippen LogP contribution in [0.3, 0.4) is 0 Å². The van der Waals surface area contributed by atoms with Crippen LogP contribution in [0, 0.1) is 5.92 Å². The molecule has 1 aromatic rings. The third-order valence-corrected chi connectivity index (χ3v) is 4.13. The topological polar surface area (TPSA) is 41.1 Å². The molecule has 1 aliphatic rings. The van der Waals surface area contributed by atoms with Gasteiger partial charge in [0.05, 0.1) is 6.42 Å². The van der Waals surface area contributed by atoms with Crippen molar-refractivity contribution in [1.29, 1.82) is 0 Å². The van der Waals surface area contributed by atoms with Crippen LogP contribution in [0.4, 0.5) is 5.69 Å². The van der Waals surface area contributed by atoms with Gasteiger partial charge in [0.15, 0.2) is 0 Å². The van der Waals surface area contributed by atoms with E-state index in [2.05, 4.69) is 30.5 Å². The number of hydrogen-bond donors (Lipinski definition) is 2. The first-order valence-corrected chi connectivity index (χ1v) is 7.24. The molecular weight excluding hydrogens is 260 g/mol. The molecule has 104 valence electrons. The highest BCUT2D eigenvalue weighted by Crippen LogP contribution is 2.36. The summed E-state index contributed by atoms with van der Waals surface area (Å²) in [5, 5.41) is 6.91. The SMILES string of the molecule is CCCC(C)C(NC)c1cc2c(cc1Cl)NC(=O)C2. The fourth-order valence-corrected chi connectivity index (χ4v) is 3.16. The molecule has 2 rings (SSSR count). The van der Waals surface area contributed by atoms with E-state index in [9.17, 15) is 4.79 Å². The summed E-state index contributed by atoms with van der Waals surface area (Å²) in [6.07, 6.45) is 2.76. The van der Waals surface area contributed by atoms with Crippen LogP contribution in [0.15, 0.2) is 12.1 Å². The average Bonchev–Trinajstić information content (AvgIpc) is 2.70. The second-order valence-corrected chi connectivity index (χ2v) is 5.70. The van der Waals surface area contributed by atoms with Crippen molar-refractivity contribution in [3.8, 4) is 0 Å². The lowest BCUT2D eigenvalue weighted by atomic mass is 9.90. The summed E-state index contributed by atoms with van der Waals surface area (Å²) < 4.78 is 0. The second kappa shape index (κ2) is 5.93. The number of hydrogen-bond acceptors (Lipinski definition) is 2. The number of carbonyl (C=O) groups is 1. The minimum absolute atomic E-state index is 0.0471. The molecule has 2 atom stereocenters. The van der Waals surface area contributed by atoms with E-state index < -0.39 is 0 Å². The molecule has 0 aliphatic carbocycles. The van der Waals surface area contributed by atoms with E-state index >= 15 is 0 Å². The standard InChI is InChI=1S/C15H21ClN2O/c1-4-5-9(2)15(17-3)11-6-10-7-14(19)18-13(10)8-12(11)16/h6,8-9,15,17H,4-5,7H2,1-3H3,(H,18,19). The van der Waals surface area contributed by atoms with Crippen molar-refractivity contribution in [2.75, 3.05) is 12.4 Å². The van der Waals surface area contributed by atoms with E-state index in [4.69, 9.17) is 11.6 Å². The molecule has 0 saturated carbocycles. The number of amides is 1. The maximum Gasteiger partial charge on any atom is 0.228 e. The van der Waals surface area contributed by atoms with Crippen molar-refractivity contribution >= 4 is 23.2 Å². The smallest absolute Gasteiger partial charge is 0.228 e. The molecule has 0 spiro atoms. The molecule has 0 fully saturated rings. The molecule has 3 nitrogen and oxygen atoms in total. The molecule has 1 aliphatic heterocycles. The van der Waals surface area contributed by atoms with E-state index in [-0.39, 0.29) is 11.9 Å². The van der Waals surface area contributed by atoms with E-state index in [1.807, 2.05) is 13.1 Å². The second-order valence-electron chi connectivity index (χ2n) is 5.29. The predicted octanol–water partition coefficient (Wildman–Crippen LogP) is 3.53. The van der Waals surface area contributed by atoms with E-state index in [1.165, 1.54) is 0 Å². The third-order valence-electron chi connectivity index (χ3n) is 3.81. The zero-order chi connectivity index (χ0) is 14.0. The van der Waals surface area contributed by atoms with Crippen LogP contribution >= 0.6 is 11.6 Å². The van der Waals surface area contributed by atoms with Crippen molar-refractivity contribution in [2.45, 2.75) is 39.2 Å². The number of fused-ring (bicyclic) bond motifs is 1. The van der Waals surface area contributed by atoms with Crippen molar-refractivity contribution in [3.63, 3.8) is 0 Å². The highest BCUT2D eigenvalue weighted by atomic mass is 35.5. The van der Waals surface area contributed by atoms with E-state index in [0.29, 0.717) is 12.3 Å². The summed E-state index contributed by atoms with van der Waals surface area (Å²) in [6.45, 7) is 4.42. The minimum atomic E-state index is 0.0471. The zero-order valence-corrected chi connectivity index (χ0v) is 12.5. The van der Waals surface area contributed by atoms with Crippen molar-refractivity contribution in [1.82, 2.24) is 5.32 Å². The Kier molecular flexibility index (Phi) is 4.48. The normalized spacial score (nSPS) is 16.9. The lowest BCUT2D eigenvalue weighted by Gasteiger charge is -2.25. The molecule has 2 unspecified atom stereocenters. The molecule has 0 saturated heterocycles.